The first-order valence-corrected chi connectivity index (χ1v) is 6.78. The average molecular weight is 294 g/mol. The predicted octanol–water partition coefficient (Wildman–Crippen LogP) is 0.456. The Kier molecular flexibility index (Phi) is 3.53. The summed E-state index contributed by atoms with van der Waals surface area (Å²) in [5, 5.41) is 9.62. The van der Waals surface area contributed by atoms with Crippen molar-refractivity contribution < 1.29 is 18.3 Å². The van der Waals surface area contributed by atoms with E-state index in [1.165, 1.54) is 36.7 Å². The van der Waals surface area contributed by atoms with Crippen molar-refractivity contribution in [2.24, 2.45) is 5.73 Å². The summed E-state index contributed by atoms with van der Waals surface area (Å²) < 4.78 is 25.0. The summed E-state index contributed by atoms with van der Waals surface area (Å²) >= 11 is 0. The molecule has 2 rings (SSSR count). The molecule has 1 heterocycles. The molecule has 0 spiro atoms. The van der Waals surface area contributed by atoms with E-state index in [1.807, 2.05) is 0 Å². The van der Waals surface area contributed by atoms with E-state index >= 15 is 0 Å². The first-order chi connectivity index (χ1) is 9.44. The van der Waals surface area contributed by atoms with E-state index in [0.29, 0.717) is 0 Å². The number of para-hydroxylation sites is 1. The minimum absolute atomic E-state index is 0.224. The van der Waals surface area contributed by atoms with Gasteiger partial charge in [-0.3, -0.25) is 0 Å². The van der Waals surface area contributed by atoms with Gasteiger partial charge in [-0.15, -0.1) is 4.31 Å². The number of benzene rings is 1. The van der Waals surface area contributed by atoms with Gasteiger partial charge in [0.15, 0.2) is 0 Å². The number of hydrogen-bond donors (Lipinski definition) is 2. The van der Waals surface area contributed by atoms with Crippen LogP contribution in [-0.4, -0.2) is 29.5 Å². The second-order valence-electron chi connectivity index (χ2n) is 3.62. The maximum absolute atomic E-state index is 12.4. The third-order valence-electron chi connectivity index (χ3n) is 2.32. The fraction of sp³-hybridized carbons (Fsp3) is 0. The normalized spacial score (nSPS) is 11.0. The molecule has 0 bridgehead atoms. The summed E-state index contributed by atoms with van der Waals surface area (Å²) in [6.45, 7) is 0. The van der Waals surface area contributed by atoms with E-state index in [4.69, 9.17) is 5.73 Å². The van der Waals surface area contributed by atoms with Crippen LogP contribution in [0, 0.1) is 0 Å². The number of aromatic nitrogens is 2. The van der Waals surface area contributed by atoms with Crippen molar-refractivity contribution in [3.63, 3.8) is 0 Å². The molecule has 1 aromatic heterocycles. The Bertz CT molecular complexity index is 733. The van der Waals surface area contributed by atoms with Gasteiger partial charge in [-0.05, 0) is 18.2 Å². The topological polar surface area (TPSA) is 126 Å². The number of anilines is 1. The zero-order valence-corrected chi connectivity index (χ0v) is 10.9. The molecular weight excluding hydrogens is 284 g/mol. The third kappa shape index (κ3) is 2.38. The molecule has 104 valence electrons. The quantitative estimate of drug-likeness (QED) is 0.846. The van der Waals surface area contributed by atoms with Gasteiger partial charge in [-0.2, -0.15) is 0 Å². The Hall–Kier alpha value is -2.68. The van der Waals surface area contributed by atoms with Crippen LogP contribution in [0.25, 0.3) is 0 Å². The molecule has 0 aliphatic rings. The summed E-state index contributed by atoms with van der Waals surface area (Å²) in [6.07, 6.45) is 2.53. The molecule has 1 aromatic carbocycles. The maximum Gasteiger partial charge on any atom is 0.336 e. The Morgan fingerprint density at radius 2 is 1.75 bits per heavy atom. The lowest BCUT2D eigenvalue weighted by Gasteiger charge is -2.18. The highest BCUT2D eigenvalue weighted by Crippen LogP contribution is 2.26. The van der Waals surface area contributed by atoms with Crippen LogP contribution in [0.4, 0.5) is 10.7 Å². The highest BCUT2D eigenvalue weighted by atomic mass is 32.2. The number of amides is 2. The van der Waals surface area contributed by atoms with E-state index in [2.05, 4.69) is 9.97 Å². The van der Waals surface area contributed by atoms with Crippen molar-refractivity contribution in [3.8, 4) is 5.75 Å². The lowest BCUT2D eigenvalue weighted by atomic mass is 10.3. The second kappa shape index (κ2) is 5.13. The van der Waals surface area contributed by atoms with Gasteiger partial charge in [0.25, 0.3) is 10.0 Å². The summed E-state index contributed by atoms with van der Waals surface area (Å²) in [5.41, 5.74) is 5.09. The molecule has 2 amide bonds. The number of carbonyl (C=O) groups is 1. The van der Waals surface area contributed by atoms with Crippen molar-refractivity contribution in [2.75, 3.05) is 4.31 Å². The van der Waals surface area contributed by atoms with Crippen LogP contribution in [0.3, 0.4) is 0 Å². The number of aromatic hydroxyl groups is 1. The van der Waals surface area contributed by atoms with Crippen LogP contribution in [0.15, 0.2) is 47.6 Å². The van der Waals surface area contributed by atoms with Crippen molar-refractivity contribution in [3.05, 3.63) is 42.7 Å². The minimum Gasteiger partial charge on any atom is -0.507 e. The van der Waals surface area contributed by atoms with E-state index in [1.54, 1.807) is 0 Å². The van der Waals surface area contributed by atoms with Crippen LogP contribution in [-0.2, 0) is 10.0 Å². The zero-order chi connectivity index (χ0) is 14.8. The molecule has 8 nitrogen and oxygen atoms in total. The number of rotatable bonds is 3. The molecule has 3 N–H and O–H groups in total. The predicted molar refractivity (Wildman–Crippen MR) is 69.4 cm³/mol. The molecule has 0 saturated carbocycles. The number of carbonyl (C=O) groups excluding carboxylic acids is 1. The zero-order valence-electron chi connectivity index (χ0n) is 10.0. The van der Waals surface area contributed by atoms with Gasteiger partial charge in [0.2, 0.25) is 5.95 Å². The lowest BCUT2D eigenvalue weighted by Crippen LogP contribution is -2.41. The molecule has 9 heteroatoms. The van der Waals surface area contributed by atoms with Gasteiger partial charge < -0.3 is 10.8 Å². The maximum atomic E-state index is 12.4. The summed E-state index contributed by atoms with van der Waals surface area (Å²) in [7, 11) is -4.40. The van der Waals surface area contributed by atoms with Crippen molar-refractivity contribution in [1.29, 1.82) is 0 Å². The number of nitrogens with zero attached hydrogens (tertiary/aromatic N) is 3. The molecule has 0 fully saturated rings. The molecule has 0 aliphatic carbocycles. The van der Waals surface area contributed by atoms with Crippen LogP contribution in [0.5, 0.6) is 5.75 Å². The highest BCUT2D eigenvalue weighted by Gasteiger charge is 2.33. The van der Waals surface area contributed by atoms with E-state index < -0.39 is 32.6 Å². The molecule has 0 atom stereocenters. The summed E-state index contributed by atoms with van der Waals surface area (Å²) in [6, 6.07) is 5.34. The number of phenolic OH excluding ortho intramolecular Hbond substituents is 1. The monoisotopic (exact) mass is 294 g/mol. The van der Waals surface area contributed by atoms with Gasteiger partial charge in [0.05, 0.1) is 0 Å². The van der Waals surface area contributed by atoms with Gasteiger partial charge >= 0.3 is 6.03 Å². The van der Waals surface area contributed by atoms with E-state index in [0.717, 1.165) is 6.07 Å². The summed E-state index contributed by atoms with van der Waals surface area (Å²) in [5.74, 6) is -0.905. The molecule has 0 saturated heterocycles. The third-order valence-corrected chi connectivity index (χ3v) is 4.04. The Morgan fingerprint density at radius 1 is 1.15 bits per heavy atom. The average Bonchev–Trinajstić information content (AvgIpc) is 2.39. The summed E-state index contributed by atoms with van der Waals surface area (Å²) in [4.78, 5) is 18.3. The Labute approximate surface area is 114 Å². The standard InChI is InChI=1S/C11H10N4O4S/c12-10(17)15(11-13-6-3-7-14-11)20(18,19)9-5-2-1-4-8(9)16/h1-7,16H,(H2,12,17). The van der Waals surface area contributed by atoms with Crippen molar-refractivity contribution in [1.82, 2.24) is 9.97 Å². The first kappa shape index (κ1) is 13.7. The first-order valence-electron chi connectivity index (χ1n) is 5.34. The second-order valence-corrected chi connectivity index (χ2v) is 5.38. The van der Waals surface area contributed by atoms with Gasteiger partial charge in [-0.1, -0.05) is 12.1 Å². The highest BCUT2D eigenvalue weighted by molar-refractivity contribution is 7.93. The van der Waals surface area contributed by atoms with Crippen molar-refractivity contribution >= 4 is 22.0 Å². The molecule has 0 unspecified atom stereocenters. The Balaban J connectivity index is 2.61. The van der Waals surface area contributed by atoms with Gasteiger partial charge in [0.1, 0.15) is 10.6 Å². The largest absolute Gasteiger partial charge is 0.507 e. The fourth-order valence-corrected chi connectivity index (χ4v) is 2.82. The van der Waals surface area contributed by atoms with Gasteiger partial charge in [0, 0.05) is 12.4 Å². The van der Waals surface area contributed by atoms with Crippen LogP contribution in [0.2, 0.25) is 0 Å². The number of primary amides is 1. The fourth-order valence-electron chi connectivity index (χ4n) is 1.49. The molecular formula is C11H10N4O4S. The number of hydrogen-bond acceptors (Lipinski definition) is 6. The number of nitrogens with two attached hydrogens (primary N) is 1. The number of urea groups is 1. The molecule has 0 aliphatic heterocycles. The number of phenols is 1. The number of sulfonamides is 1. The Morgan fingerprint density at radius 3 is 2.30 bits per heavy atom. The van der Waals surface area contributed by atoms with Crippen LogP contribution >= 0.6 is 0 Å². The minimum atomic E-state index is -4.40. The van der Waals surface area contributed by atoms with Crippen molar-refractivity contribution in [2.45, 2.75) is 4.90 Å². The smallest absolute Gasteiger partial charge is 0.336 e. The van der Waals surface area contributed by atoms with E-state index in [9.17, 15) is 18.3 Å². The molecule has 20 heavy (non-hydrogen) atoms. The van der Waals surface area contributed by atoms with E-state index in [-0.39, 0.29) is 4.31 Å². The van der Waals surface area contributed by atoms with Crippen LogP contribution in [0.1, 0.15) is 0 Å². The van der Waals surface area contributed by atoms with Crippen LogP contribution < -0.4 is 10.0 Å². The molecule has 2 aromatic rings. The molecule has 0 radical (unpaired) electrons. The van der Waals surface area contributed by atoms with Gasteiger partial charge in [-0.25, -0.2) is 23.2 Å². The SMILES string of the molecule is NC(=O)N(c1ncccn1)S(=O)(=O)c1ccccc1O. The lowest BCUT2D eigenvalue weighted by molar-refractivity contribution is 0.256.